The zero-order valence-electron chi connectivity index (χ0n) is 5.77. The van der Waals surface area contributed by atoms with E-state index >= 15 is 0 Å². The van der Waals surface area contributed by atoms with E-state index in [2.05, 4.69) is 0 Å². The van der Waals surface area contributed by atoms with Gasteiger partial charge in [0.25, 0.3) is 0 Å². The van der Waals surface area contributed by atoms with Crippen molar-refractivity contribution in [1.29, 1.82) is 0 Å². The predicted molar refractivity (Wildman–Crippen MR) is 36.1 cm³/mol. The summed E-state index contributed by atoms with van der Waals surface area (Å²) in [4.78, 5) is 0. The third kappa shape index (κ3) is 0.710. The summed E-state index contributed by atoms with van der Waals surface area (Å²) in [6.45, 7) is 0. The maximum absolute atomic E-state index is 9.73. The molecule has 0 heterocycles. The summed E-state index contributed by atoms with van der Waals surface area (Å²) in [6.07, 6.45) is 7.35. The molecule has 0 radical (unpaired) electrons. The average Bonchev–Trinajstić information content (AvgIpc) is 1.82. The minimum atomic E-state index is -0.182. The maximum atomic E-state index is 9.73. The molecule has 0 aromatic carbocycles. The Bertz CT molecular complexity index is 122. The van der Waals surface area contributed by atoms with Crippen LogP contribution in [-0.2, 0) is 0 Å². The van der Waals surface area contributed by atoms with Crippen molar-refractivity contribution in [2.75, 3.05) is 0 Å². The summed E-state index contributed by atoms with van der Waals surface area (Å²) in [5.74, 6) is 0.686. The normalized spacial score (nSPS) is 49.7. The molecule has 0 saturated heterocycles. The van der Waals surface area contributed by atoms with E-state index in [1.165, 1.54) is 25.7 Å². The highest BCUT2D eigenvalue weighted by Gasteiger charge is 2.45. The van der Waals surface area contributed by atoms with Crippen molar-refractivity contribution in [3.8, 4) is 0 Å². The largest absolute Gasteiger partial charge is 0.390 e. The fraction of sp³-hybridized carbons (Fsp3) is 1.00. The van der Waals surface area contributed by atoms with E-state index in [4.69, 9.17) is 0 Å². The van der Waals surface area contributed by atoms with E-state index in [1.54, 1.807) is 0 Å². The van der Waals surface area contributed by atoms with Crippen LogP contribution in [0, 0.1) is 5.92 Å². The van der Waals surface area contributed by atoms with Gasteiger partial charge in [0.2, 0.25) is 0 Å². The SMILES string of the molecule is O[C@@]12CCCC[C@H]1CC2. The van der Waals surface area contributed by atoms with Crippen molar-refractivity contribution in [1.82, 2.24) is 0 Å². The van der Waals surface area contributed by atoms with Gasteiger partial charge in [-0.2, -0.15) is 0 Å². The van der Waals surface area contributed by atoms with E-state index in [0.29, 0.717) is 5.92 Å². The molecule has 2 aliphatic carbocycles. The van der Waals surface area contributed by atoms with E-state index in [0.717, 1.165) is 12.8 Å². The van der Waals surface area contributed by atoms with Crippen LogP contribution in [0.3, 0.4) is 0 Å². The van der Waals surface area contributed by atoms with Crippen LogP contribution in [0.1, 0.15) is 38.5 Å². The van der Waals surface area contributed by atoms with Crippen LogP contribution in [0.5, 0.6) is 0 Å². The molecule has 2 aliphatic rings. The molecule has 0 aliphatic heterocycles. The third-order valence-electron chi connectivity index (χ3n) is 3.10. The van der Waals surface area contributed by atoms with Crippen LogP contribution in [0.25, 0.3) is 0 Å². The van der Waals surface area contributed by atoms with Gasteiger partial charge < -0.3 is 5.11 Å². The smallest absolute Gasteiger partial charge is 0.0676 e. The zero-order valence-corrected chi connectivity index (χ0v) is 5.77. The molecule has 2 rings (SSSR count). The van der Waals surface area contributed by atoms with Gasteiger partial charge in [0.05, 0.1) is 5.60 Å². The molecule has 1 heteroatoms. The van der Waals surface area contributed by atoms with E-state index in [-0.39, 0.29) is 5.60 Å². The predicted octanol–water partition coefficient (Wildman–Crippen LogP) is 1.70. The van der Waals surface area contributed by atoms with Crippen LogP contribution in [-0.4, -0.2) is 10.7 Å². The van der Waals surface area contributed by atoms with Crippen LogP contribution in [0.2, 0.25) is 0 Å². The Hall–Kier alpha value is -0.0400. The summed E-state index contributed by atoms with van der Waals surface area (Å²) in [5.41, 5.74) is -0.182. The number of rotatable bonds is 0. The van der Waals surface area contributed by atoms with Crippen molar-refractivity contribution < 1.29 is 5.11 Å². The first-order valence-electron chi connectivity index (χ1n) is 4.04. The first-order chi connectivity index (χ1) is 4.31. The Balaban J connectivity index is 2.05. The van der Waals surface area contributed by atoms with Gasteiger partial charge in [-0.3, -0.25) is 0 Å². The fourth-order valence-electron chi connectivity index (χ4n) is 2.25. The van der Waals surface area contributed by atoms with Gasteiger partial charge in [-0.05, 0) is 31.6 Å². The number of hydrogen-bond acceptors (Lipinski definition) is 1. The first-order valence-corrected chi connectivity index (χ1v) is 4.04. The van der Waals surface area contributed by atoms with Gasteiger partial charge in [0, 0.05) is 0 Å². The number of hydrogen-bond donors (Lipinski definition) is 1. The molecular formula is C8H14O. The molecule has 52 valence electrons. The second-order valence-electron chi connectivity index (χ2n) is 3.58. The van der Waals surface area contributed by atoms with Gasteiger partial charge in [-0.15, -0.1) is 0 Å². The van der Waals surface area contributed by atoms with Gasteiger partial charge in [-0.1, -0.05) is 12.8 Å². The van der Waals surface area contributed by atoms with Crippen molar-refractivity contribution in [3.63, 3.8) is 0 Å². The Kier molecular flexibility index (Phi) is 1.10. The number of fused-ring (bicyclic) bond motifs is 1. The molecule has 0 aromatic rings. The monoisotopic (exact) mass is 126 g/mol. The molecule has 1 N–H and O–H groups in total. The molecule has 2 fully saturated rings. The topological polar surface area (TPSA) is 20.2 Å². The van der Waals surface area contributed by atoms with Gasteiger partial charge >= 0.3 is 0 Å². The second kappa shape index (κ2) is 1.72. The molecule has 1 nitrogen and oxygen atoms in total. The summed E-state index contributed by atoms with van der Waals surface area (Å²) in [6, 6.07) is 0. The van der Waals surface area contributed by atoms with Crippen LogP contribution >= 0.6 is 0 Å². The van der Waals surface area contributed by atoms with Crippen molar-refractivity contribution in [2.45, 2.75) is 44.1 Å². The van der Waals surface area contributed by atoms with Gasteiger partial charge in [0.15, 0.2) is 0 Å². The quantitative estimate of drug-likeness (QED) is 0.523. The molecule has 0 amide bonds. The van der Waals surface area contributed by atoms with Crippen molar-refractivity contribution in [2.24, 2.45) is 5.92 Å². The zero-order chi connectivity index (χ0) is 6.32. The molecule has 2 saturated carbocycles. The lowest BCUT2D eigenvalue weighted by Gasteiger charge is -2.48. The molecule has 0 bridgehead atoms. The van der Waals surface area contributed by atoms with E-state index < -0.39 is 0 Å². The summed E-state index contributed by atoms with van der Waals surface area (Å²) in [5, 5.41) is 9.73. The number of aliphatic hydroxyl groups is 1. The molecule has 0 unspecified atom stereocenters. The fourth-order valence-corrected chi connectivity index (χ4v) is 2.25. The molecule has 2 atom stereocenters. The first kappa shape index (κ1) is 5.72. The Morgan fingerprint density at radius 3 is 2.33 bits per heavy atom. The lowest BCUT2D eigenvalue weighted by molar-refractivity contribution is -0.119. The molecular weight excluding hydrogens is 112 g/mol. The molecule has 9 heavy (non-hydrogen) atoms. The van der Waals surface area contributed by atoms with Crippen molar-refractivity contribution >= 4 is 0 Å². The highest BCUT2D eigenvalue weighted by Crippen LogP contribution is 2.48. The Morgan fingerprint density at radius 1 is 1.11 bits per heavy atom. The van der Waals surface area contributed by atoms with Gasteiger partial charge in [-0.25, -0.2) is 0 Å². The Labute approximate surface area is 56.1 Å². The molecule has 0 spiro atoms. The second-order valence-corrected chi connectivity index (χ2v) is 3.58. The standard InChI is InChI=1S/C8H14O/c9-8-5-2-1-3-7(8)4-6-8/h7,9H,1-6H2/t7-,8+/m0/s1. The van der Waals surface area contributed by atoms with Crippen LogP contribution in [0.4, 0.5) is 0 Å². The summed E-state index contributed by atoms with van der Waals surface area (Å²) in [7, 11) is 0. The summed E-state index contributed by atoms with van der Waals surface area (Å²) >= 11 is 0. The van der Waals surface area contributed by atoms with E-state index in [1.807, 2.05) is 0 Å². The van der Waals surface area contributed by atoms with Crippen molar-refractivity contribution in [3.05, 3.63) is 0 Å². The van der Waals surface area contributed by atoms with Crippen LogP contribution in [0.15, 0.2) is 0 Å². The lowest BCUT2D eigenvalue weighted by atomic mass is 9.62. The van der Waals surface area contributed by atoms with Crippen LogP contribution < -0.4 is 0 Å². The Morgan fingerprint density at radius 2 is 2.00 bits per heavy atom. The van der Waals surface area contributed by atoms with Gasteiger partial charge in [0.1, 0.15) is 0 Å². The third-order valence-corrected chi connectivity index (χ3v) is 3.10. The lowest BCUT2D eigenvalue weighted by Crippen LogP contribution is -2.48. The minimum Gasteiger partial charge on any atom is -0.390 e. The molecule has 0 aromatic heterocycles. The average molecular weight is 126 g/mol. The maximum Gasteiger partial charge on any atom is 0.0676 e. The minimum absolute atomic E-state index is 0.182. The summed E-state index contributed by atoms with van der Waals surface area (Å²) < 4.78 is 0. The highest BCUT2D eigenvalue weighted by atomic mass is 16.3. The van der Waals surface area contributed by atoms with E-state index in [9.17, 15) is 5.11 Å². The highest BCUT2D eigenvalue weighted by molar-refractivity contribution is 4.98.